The summed E-state index contributed by atoms with van der Waals surface area (Å²) in [5.74, 6) is 1.99. The Labute approximate surface area is 83.0 Å². The summed E-state index contributed by atoms with van der Waals surface area (Å²) < 4.78 is 2.07. The van der Waals surface area contributed by atoms with Gasteiger partial charge in [-0.05, 0) is 12.1 Å². The molecule has 0 spiro atoms. The Morgan fingerprint density at radius 2 is 2.21 bits per heavy atom. The number of fused-ring (bicyclic) bond motifs is 1. The lowest BCUT2D eigenvalue weighted by molar-refractivity contribution is 0.885. The van der Waals surface area contributed by atoms with E-state index < -0.39 is 0 Å². The first-order valence-electron chi connectivity index (χ1n) is 4.57. The Balaban J connectivity index is 2.75. The van der Waals surface area contributed by atoms with E-state index >= 15 is 0 Å². The van der Waals surface area contributed by atoms with Crippen LogP contribution in [0.4, 0.5) is 5.82 Å². The van der Waals surface area contributed by atoms with Gasteiger partial charge in [-0.3, -0.25) is 4.40 Å². The lowest BCUT2D eigenvalue weighted by atomic mass is 10.4. The Hall–Kier alpha value is -1.55. The molecule has 0 fully saturated rings. The Bertz CT molecular complexity index is 444. The normalized spacial score (nSPS) is 10.8. The number of hydrogen-bond acceptors (Lipinski definition) is 3. The molecule has 0 saturated heterocycles. The number of anilines is 1. The van der Waals surface area contributed by atoms with E-state index in [9.17, 15) is 0 Å². The van der Waals surface area contributed by atoms with Crippen LogP contribution in [-0.4, -0.2) is 23.5 Å². The van der Waals surface area contributed by atoms with Crippen molar-refractivity contribution in [3.63, 3.8) is 0 Å². The van der Waals surface area contributed by atoms with Crippen LogP contribution in [0.1, 0.15) is 5.82 Å². The first-order valence-corrected chi connectivity index (χ1v) is 4.57. The highest BCUT2D eigenvalue weighted by Gasteiger charge is 2.06. The molecule has 0 radical (unpaired) electrons. The van der Waals surface area contributed by atoms with Crippen molar-refractivity contribution in [2.24, 2.45) is 5.73 Å². The monoisotopic (exact) mass is 190 g/mol. The van der Waals surface area contributed by atoms with Gasteiger partial charge in [0, 0.05) is 14.1 Å². The van der Waals surface area contributed by atoms with Crippen LogP contribution in [-0.2, 0) is 6.54 Å². The molecule has 2 heterocycles. The van der Waals surface area contributed by atoms with Crippen LogP contribution in [0.3, 0.4) is 0 Å². The molecule has 0 aliphatic heterocycles. The number of pyridine rings is 1. The molecule has 0 unspecified atom stereocenters. The van der Waals surface area contributed by atoms with Crippen LogP contribution in [0.25, 0.3) is 5.52 Å². The molecule has 0 aliphatic rings. The third-order valence-electron chi connectivity index (χ3n) is 2.24. The quantitative estimate of drug-likeness (QED) is 0.764. The van der Waals surface area contributed by atoms with Crippen molar-refractivity contribution in [1.29, 1.82) is 0 Å². The van der Waals surface area contributed by atoms with E-state index in [1.807, 2.05) is 43.4 Å². The van der Waals surface area contributed by atoms with Crippen molar-refractivity contribution in [3.05, 3.63) is 30.2 Å². The highest BCUT2D eigenvalue weighted by atomic mass is 15.2. The average Bonchev–Trinajstić information content (AvgIpc) is 2.59. The Kier molecular flexibility index (Phi) is 2.13. The number of nitrogens with two attached hydrogens (primary N) is 1. The molecule has 0 saturated carbocycles. The zero-order valence-corrected chi connectivity index (χ0v) is 8.44. The summed E-state index contributed by atoms with van der Waals surface area (Å²) in [7, 11) is 4.02. The van der Waals surface area contributed by atoms with Crippen molar-refractivity contribution in [3.8, 4) is 0 Å². The van der Waals surface area contributed by atoms with Gasteiger partial charge in [0.05, 0.1) is 18.3 Å². The fourth-order valence-corrected chi connectivity index (χ4v) is 1.59. The van der Waals surface area contributed by atoms with Gasteiger partial charge in [0.1, 0.15) is 11.6 Å². The van der Waals surface area contributed by atoms with Crippen LogP contribution < -0.4 is 10.6 Å². The van der Waals surface area contributed by atoms with Crippen molar-refractivity contribution < 1.29 is 0 Å². The van der Waals surface area contributed by atoms with Crippen molar-refractivity contribution in [2.45, 2.75) is 6.54 Å². The van der Waals surface area contributed by atoms with Crippen LogP contribution >= 0.6 is 0 Å². The van der Waals surface area contributed by atoms with Crippen molar-refractivity contribution >= 4 is 11.3 Å². The van der Waals surface area contributed by atoms with Crippen LogP contribution in [0, 0.1) is 0 Å². The van der Waals surface area contributed by atoms with Gasteiger partial charge < -0.3 is 10.6 Å². The zero-order chi connectivity index (χ0) is 10.1. The molecule has 2 rings (SSSR count). The number of rotatable bonds is 2. The van der Waals surface area contributed by atoms with Crippen molar-refractivity contribution in [2.75, 3.05) is 19.0 Å². The molecule has 14 heavy (non-hydrogen) atoms. The van der Waals surface area contributed by atoms with E-state index in [4.69, 9.17) is 5.73 Å². The largest absolute Gasteiger partial charge is 0.364 e. The molecule has 0 aliphatic carbocycles. The van der Waals surface area contributed by atoms with Gasteiger partial charge in [-0.25, -0.2) is 4.98 Å². The summed E-state index contributed by atoms with van der Waals surface area (Å²) in [6.07, 6.45) is 1.84. The first kappa shape index (κ1) is 9.02. The predicted molar refractivity (Wildman–Crippen MR) is 57.4 cm³/mol. The first-order chi connectivity index (χ1) is 6.74. The van der Waals surface area contributed by atoms with Gasteiger partial charge in [-0.15, -0.1) is 0 Å². The number of imidazole rings is 1. The van der Waals surface area contributed by atoms with Gasteiger partial charge in [-0.2, -0.15) is 0 Å². The summed E-state index contributed by atoms with van der Waals surface area (Å²) in [6, 6.07) is 6.10. The van der Waals surface area contributed by atoms with Gasteiger partial charge in [-0.1, -0.05) is 6.07 Å². The predicted octanol–water partition coefficient (Wildman–Crippen LogP) is 0.859. The third-order valence-corrected chi connectivity index (χ3v) is 2.24. The Morgan fingerprint density at radius 1 is 1.43 bits per heavy atom. The number of hydrogen-bond donors (Lipinski definition) is 1. The van der Waals surface area contributed by atoms with E-state index in [-0.39, 0.29) is 0 Å². The topological polar surface area (TPSA) is 46.6 Å². The second-order valence-electron chi connectivity index (χ2n) is 3.42. The minimum absolute atomic E-state index is 0.457. The lowest BCUT2D eigenvalue weighted by Crippen LogP contribution is -2.15. The Morgan fingerprint density at radius 3 is 2.86 bits per heavy atom. The summed E-state index contributed by atoms with van der Waals surface area (Å²) in [6.45, 7) is 0.457. The van der Waals surface area contributed by atoms with E-state index in [2.05, 4.69) is 9.38 Å². The minimum atomic E-state index is 0.457. The highest BCUT2D eigenvalue weighted by molar-refractivity contribution is 5.55. The van der Waals surface area contributed by atoms with E-state index in [1.165, 1.54) is 0 Å². The highest BCUT2D eigenvalue weighted by Crippen LogP contribution is 2.16. The van der Waals surface area contributed by atoms with Crippen LogP contribution in [0.2, 0.25) is 0 Å². The number of nitrogens with zero attached hydrogens (tertiary/aromatic N) is 3. The molecule has 74 valence electrons. The SMILES string of the molecule is CN(C)c1cccc2cnc(CN)n12. The molecule has 2 aromatic rings. The molecule has 0 atom stereocenters. The summed E-state index contributed by atoms with van der Waals surface area (Å²) in [5, 5.41) is 0. The molecule has 0 bridgehead atoms. The van der Waals surface area contributed by atoms with Crippen LogP contribution in [0.5, 0.6) is 0 Å². The lowest BCUT2D eigenvalue weighted by Gasteiger charge is -2.15. The van der Waals surface area contributed by atoms with Gasteiger partial charge in [0.2, 0.25) is 0 Å². The van der Waals surface area contributed by atoms with Gasteiger partial charge in [0.15, 0.2) is 0 Å². The smallest absolute Gasteiger partial charge is 0.128 e. The molecule has 2 N–H and O–H groups in total. The summed E-state index contributed by atoms with van der Waals surface area (Å²) in [5.41, 5.74) is 6.71. The second-order valence-corrected chi connectivity index (χ2v) is 3.42. The molecule has 0 amide bonds. The summed E-state index contributed by atoms with van der Waals surface area (Å²) >= 11 is 0. The second kappa shape index (κ2) is 3.31. The maximum absolute atomic E-state index is 5.63. The van der Waals surface area contributed by atoms with Gasteiger partial charge in [0.25, 0.3) is 0 Å². The van der Waals surface area contributed by atoms with Gasteiger partial charge >= 0.3 is 0 Å². The molecular formula is C10H14N4. The maximum Gasteiger partial charge on any atom is 0.128 e. The molecule has 4 nitrogen and oxygen atoms in total. The van der Waals surface area contributed by atoms with Crippen LogP contribution in [0.15, 0.2) is 24.4 Å². The zero-order valence-electron chi connectivity index (χ0n) is 8.44. The minimum Gasteiger partial charge on any atom is -0.364 e. The standard InChI is InChI=1S/C10H14N4/c1-13(2)10-5-3-4-8-7-12-9(6-11)14(8)10/h3-5,7H,6,11H2,1-2H3. The molecule has 4 heteroatoms. The summed E-state index contributed by atoms with van der Waals surface area (Å²) in [4.78, 5) is 6.32. The average molecular weight is 190 g/mol. The molecular weight excluding hydrogens is 176 g/mol. The fraction of sp³-hybridized carbons (Fsp3) is 0.300. The maximum atomic E-state index is 5.63. The van der Waals surface area contributed by atoms with E-state index in [0.29, 0.717) is 6.54 Å². The van der Waals surface area contributed by atoms with Crippen molar-refractivity contribution in [1.82, 2.24) is 9.38 Å². The van der Waals surface area contributed by atoms with E-state index in [0.717, 1.165) is 17.2 Å². The molecule has 0 aromatic carbocycles. The molecule has 2 aromatic heterocycles. The van der Waals surface area contributed by atoms with E-state index in [1.54, 1.807) is 0 Å². The number of aromatic nitrogens is 2. The third kappa shape index (κ3) is 1.24. The fourth-order valence-electron chi connectivity index (χ4n) is 1.59.